The molecule has 84 valence electrons. The summed E-state index contributed by atoms with van der Waals surface area (Å²) in [6.45, 7) is 1.67. The Hall–Kier alpha value is -0.240. The smallest absolute Gasteiger partial charge is 0.184 e. The Kier molecular flexibility index (Phi) is 3.82. The molecule has 0 amide bonds. The average Bonchev–Trinajstić information content (AvgIpc) is 2.19. The van der Waals surface area contributed by atoms with E-state index < -0.39 is 36.8 Å². The molecule has 6 heteroatoms. The first-order valence-electron chi connectivity index (χ1n) is 4.54. The Labute approximate surface area is 81.4 Å². The summed E-state index contributed by atoms with van der Waals surface area (Å²) >= 11 is 0. The van der Waals surface area contributed by atoms with Gasteiger partial charge in [0, 0.05) is 0 Å². The lowest BCUT2D eigenvalue weighted by atomic mass is 9.94. The van der Waals surface area contributed by atoms with Crippen LogP contribution in [0.4, 0.5) is 0 Å². The maximum absolute atomic E-state index is 9.42. The first-order valence-corrected chi connectivity index (χ1v) is 4.54. The zero-order chi connectivity index (χ0) is 10.9. The molecule has 5 N–H and O–H groups in total. The molecule has 0 spiro atoms. The second-order valence-electron chi connectivity index (χ2n) is 3.44. The standard InChI is InChI=1S/C8H16O6/c1-2-3(9)7-5(11)4(10)6(12)8(13)14-7/h3-13H,2H2,1H3/t3?,4-,5-,6+,7+,8?/m0/s1. The maximum atomic E-state index is 9.42. The lowest BCUT2D eigenvalue weighted by molar-refractivity contribution is -0.296. The third-order valence-electron chi connectivity index (χ3n) is 2.42. The van der Waals surface area contributed by atoms with Gasteiger partial charge in [-0.25, -0.2) is 0 Å². The molecular weight excluding hydrogens is 192 g/mol. The Morgan fingerprint density at radius 1 is 1.07 bits per heavy atom. The van der Waals surface area contributed by atoms with Gasteiger partial charge in [0.2, 0.25) is 0 Å². The Morgan fingerprint density at radius 3 is 2.14 bits per heavy atom. The first kappa shape index (κ1) is 11.8. The largest absolute Gasteiger partial charge is 0.390 e. The van der Waals surface area contributed by atoms with Crippen LogP contribution in [0.3, 0.4) is 0 Å². The van der Waals surface area contributed by atoms with Crippen molar-refractivity contribution in [2.24, 2.45) is 0 Å². The molecule has 0 saturated carbocycles. The minimum absolute atomic E-state index is 0.317. The number of ether oxygens (including phenoxy) is 1. The molecule has 2 unspecified atom stereocenters. The summed E-state index contributed by atoms with van der Waals surface area (Å²) in [5.41, 5.74) is 0. The van der Waals surface area contributed by atoms with Crippen LogP contribution in [0.5, 0.6) is 0 Å². The van der Waals surface area contributed by atoms with Crippen molar-refractivity contribution in [3.05, 3.63) is 0 Å². The van der Waals surface area contributed by atoms with Crippen LogP contribution in [0.1, 0.15) is 13.3 Å². The molecule has 6 atom stereocenters. The van der Waals surface area contributed by atoms with Gasteiger partial charge in [-0.15, -0.1) is 0 Å². The molecule has 0 radical (unpaired) electrons. The van der Waals surface area contributed by atoms with Crippen LogP contribution in [0.25, 0.3) is 0 Å². The molecule has 1 fully saturated rings. The topological polar surface area (TPSA) is 110 Å². The summed E-state index contributed by atoms with van der Waals surface area (Å²) < 4.78 is 4.78. The fourth-order valence-electron chi connectivity index (χ4n) is 1.44. The molecule has 0 aromatic carbocycles. The molecule has 1 rings (SSSR count). The van der Waals surface area contributed by atoms with Crippen LogP contribution in [0.2, 0.25) is 0 Å². The minimum atomic E-state index is -1.58. The number of aliphatic hydroxyl groups is 5. The van der Waals surface area contributed by atoms with Crippen LogP contribution < -0.4 is 0 Å². The van der Waals surface area contributed by atoms with E-state index in [9.17, 15) is 15.3 Å². The van der Waals surface area contributed by atoms with Crippen molar-refractivity contribution in [2.45, 2.75) is 50.2 Å². The number of hydrogen-bond donors (Lipinski definition) is 5. The van der Waals surface area contributed by atoms with E-state index in [1.54, 1.807) is 6.92 Å². The second-order valence-corrected chi connectivity index (χ2v) is 3.44. The van der Waals surface area contributed by atoms with Crippen molar-refractivity contribution < 1.29 is 30.3 Å². The van der Waals surface area contributed by atoms with E-state index in [4.69, 9.17) is 14.9 Å². The SMILES string of the molecule is CCC(O)[C@H]1OC(O)[C@H](O)[C@@H](O)[C@@H]1O. The van der Waals surface area contributed by atoms with Gasteiger partial charge in [0.15, 0.2) is 6.29 Å². The number of rotatable bonds is 2. The summed E-state index contributed by atoms with van der Waals surface area (Å²) in [5, 5.41) is 46.3. The lowest BCUT2D eigenvalue weighted by Gasteiger charge is -2.40. The molecule has 0 aromatic rings. The Balaban J connectivity index is 2.70. The predicted molar refractivity (Wildman–Crippen MR) is 45.2 cm³/mol. The Bertz CT molecular complexity index is 187. The van der Waals surface area contributed by atoms with Gasteiger partial charge in [-0.2, -0.15) is 0 Å². The molecule has 1 saturated heterocycles. The molecule has 0 aromatic heterocycles. The van der Waals surface area contributed by atoms with E-state index in [0.717, 1.165) is 0 Å². The zero-order valence-electron chi connectivity index (χ0n) is 7.82. The van der Waals surface area contributed by atoms with E-state index in [2.05, 4.69) is 0 Å². The highest BCUT2D eigenvalue weighted by atomic mass is 16.6. The molecule has 6 nitrogen and oxygen atoms in total. The molecular formula is C8H16O6. The van der Waals surface area contributed by atoms with Gasteiger partial charge in [0.1, 0.15) is 24.4 Å². The van der Waals surface area contributed by atoms with Crippen LogP contribution in [0, 0.1) is 0 Å². The zero-order valence-corrected chi connectivity index (χ0v) is 7.82. The van der Waals surface area contributed by atoms with Gasteiger partial charge < -0.3 is 30.3 Å². The van der Waals surface area contributed by atoms with Crippen molar-refractivity contribution >= 4 is 0 Å². The van der Waals surface area contributed by atoms with E-state index in [-0.39, 0.29) is 0 Å². The van der Waals surface area contributed by atoms with Gasteiger partial charge >= 0.3 is 0 Å². The monoisotopic (exact) mass is 208 g/mol. The third-order valence-corrected chi connectivity index (χ3v) is 2.42. The van der Waals surface area contributed by atoms with Crippen LogP contribution in [-0.4, -0.2) is 62.3 Å². The van der Waals surface area contributed by atoms with Crippen molar-refractivity contribution in [2.75, 3.05) is 0 Å². The fraction of sp³-hybridized carbons (Fsp3) is 1.00. The van der Waals surface area contributed by atoms with Crippen LogP contribution in [0.15, 0.2) is 0 Å². The first-order chi connectivity index (χ1) is 6.49. The van der Waals surface area contributed by atoms with Crippen molar-refractivity contribution in [1.29, 1.82) is 0 Å². The lowest BCUT2D eigenvalue weighted by Crippen LogP contribution is -2.60. The van der Waals surface area contributed by atoms with Gasteiger partial charge in [-0.1, -0.05) is 6.92 Å². The van der Waals surface area contributed by atoms with Crippen molar-refractivity contribution in [3.63, 3.8) is 0 Å². The van der Waals surface area contributed by atoms with Gasteiger partial charge in [-0.05, 0) is 6.42 Å². The molecule has 0 bridgehead atoms. The van der Waals surface area contributed by atoms with Crippen LogP contribution >= 0.6 is 0 Å². The normalized spacial score (nSPS) is 46.3. The summed E-state index contributed by atoms with van der Waals surface area (Å²) in [6.07, 6.45) is -7.79. The molecule has 1 aliphatic rings. The predicted octanol–water partition coefficient (Wildman–Crippen LogP) is -2.44. The summed E-state index contributed by atoms with van der Waals surface area (Å²) in [4.78, 5) is 0. The van der Waals surface area contributed by atoms with E-state index in [1.165, 1.54) is 0 Å². The average molecular weight is 208 g/mol. The maximum Gasteiger partial charge on any atom is 0.184 e. The molecule has 1 heterocycles. The Morgan fingerprint density at radius 2 is 1.64 bits per heavy atom. The van der Waals surface area contributed by atoms with Crippen molar-refractivity contribution in [3.8, 4) is 0 Å². The van der Waals surface area contributed by atoms with Crippen LogP contribution in [-0.2, 0) is 4.74 Å². The highest BCUT2D eigenvalue weighted by Gasteiger charge is 2.45. The number of hydrogen-bond acceptors (Lipinski definition) is 6. The van der Waals surface area contributed by atoms with Gasteiger partial charge in [0.25, 0.3) is 0 Å². The highest BCUT2D eigenvalue weighted by molar-refractivity contribution is 4.91. The van der Waals surface area contributed by atoms with Gasteiger partial charge in [-0.3, -0.25) is 0 Å². The highest BCUT2D eigenvalue weighted by Crippen LogP contribution is 2.22. The molecule has 0 aliphatic carbocycles. The van der Waals surface area contributed by atoms with Crippen molar-refractivity contribution in [1.82, 2.24) is 0 Å². The summed E-state index contributed by atoms with van der Waals surface area (Å²) in [5.74, 6) is 0. The third kappa shape index (κ3) is 2.05. The van der Waals surface area contributed by atoms with E-state index in [1.807, 2.05) is 0 Å². The molecule has 14 heavy (non-hydrogen) atoms. The van der Waals surface area contributed by atoms with E-state index in [0.29, 0.717) is 6.42 Å². The molecule has 1 aliphatic heterocycles. The second kappa shape index (κ2) is 4.52. The summed E-state index contributed by atoms with van der Waals surface area (Å²) in [6, 6.07) is 0. The summed E-state index contributed by atoms with van der Waals surface area (Å²) in [7, 11) is 0. The minimum Gasteiger partial charge on any atom is -0.390 e. The quantitative estimate of drug-likeness (QED) is 0.345. The van der Waals surface area contributed by atoms with Gasteiger partial charge in [0.05, 0.1) is 6.10 Å². The fourth-order valence-corrected chi connectivity index (χ4v) is 1.44. The number of aliphatic hydroxyl groups excluding tert-OH is 5. The van der Waals surface area contributed by atoms with E-state index >= 15 is 0 Å².